The Hall–Kier alpha value is -2.91. The Labute approximate surface area is 138 Å². The summed E-state index contributed by atoms with van der Waals surface area (Å²) in [6, 6.07) is 10.5. The highest BCUT2D eigenvalue weighted by molar-refractivity contribution is 5.69. The van der Waals surface area contributed by atoms with Crippen LogP contribution in [0.1, 0.15) is 35.4 Å². The van der Waals surface area contributed by atoms with Gasteiger partial charge < -0.3 is 9.67 Å². The smallest absolute Gasteiger partial charge is 0.103 e. The number of hydrogen-bond acceptors (Lipinski definition) is 4. The predicted octanol–water partition coefficient (Wildman–Crippen LogP) is 2.27. The van der Waals surface area contributed by atoms with Crippen LogP contribution in [0.3, 0.4) is 0 Å². The topological polar surface area (TPSA) is 79.7 Å². The van der Waals surface area contributed by atoms with Crippen molar-refractivity contribution < 1.29 is 5.11 Å². The summed E-state index contributed by atoms with van der Waals surface area (Å²) in [7, 11) is 0. The van der Waals surface area contributed by atoms with Gasteiger partial charge in [0, 0.05) is 18.0 Å². The summed E-state index contributed by atoms with van der Waals surface area (Å²) in [5, 5.41) is 24.6. The fourth-order valence-corrected chi connectivity index (χ4v) is 4.24. The van der Waals surface area contributed by atoms with Crippen molar-refractivity contribution in [2.45, 2.75) is 25.1 Å². The van der Waals surface area contributed by atoms with E-state index in [0.717, 1.165) is 12.1 Å². The van der Waals surface area contributed by atoms with Crippen molar-refractivity contribution in [2.24, 2.45) is 5.92 Å². The molecule has 24 heavy (non-hydrogen) atoms. The fourth-order valence-electron chi connectivity index (χ4n) is 4.24. The maximum atomic E-state index is 11.0. The van der Waals surface area contributed by atoms with Gasteiger partial charge in [-0.1, -0.05) is 24.3 Å². The van der Waals surface area contributed by atoms with E-state index in [2.05, 4.69) is 32.9 Å². The number of aromatic nitrogens is 4. The molecule has 0 amide bonds. The van der Waals surface area contributed by atoms with E-state index in [9.17, 15) is 10.4 Å². The Morgan fingerprint density at radius 1 is 1.25 bits per heavy atom. The van der Waals surface area contributed by atoms with E-state index in [0.29, 0.717) is 17.8 Å². The summed E-state index contributed by atoms with van der Waals surface area (Å²) in [6.45, 7) is 0.710. The molecule has 0 spiro atoms. The lowest BCUT2D eigenvalue weighted by molar-refractivity contribution is 0.0523. The number of benzene rings is 1. The first-order chi connectivity index (χ1) is 11.8. The standard InChI is InChI=1S/C18H15N5O/c19-7-11-8-21-23-6-5-14(18(24)16(11)23)17-13-4-2-1-3-12(13)15-9-20-10-22(15)17/h1-4,8-10,14,17-18,24H,5-6H2/t14-,17?,18+/m0/s1. The van der Waals surface area contributed by atoms with Crippen LogP contribution in [-0.4, -0.2) is 24.4 Å². The minimum Gasteiger partial charge on any atom is -0.386 e. The van der Waals surface area contributed by atoms with Crippen molar-refractivity contribution in [1.82, 2.24) is 19.3 Å². The van der Waals surface area contributed by atoms with Crippen LogP contribution in [0.4, 0.5) is 0 Å². The summed E-state index contributed by atoms with van der Waals surface area (Å²) in [5.74, 6) is -0.0158. The Kier molecular flexibility index (Phi) is 2.70. The van der Waals surface area contributed by atoms with Crippen molar-refractivity contribution in [1.29, 1.82) is 5.26 Å². The molecule has 2 aromatic heterocycles. The molecular formula is C18H15N5O. The van der Waals surface area contributed by atoms with Gasteiger partial charge >= 0.3 is 0 Å². The van der Waals surface area contributed by atoms with Crippen molar-refractivity contribution in [3.8, 4) is 17.3 Å². The van der Waals surface area contributed by atoms with Crippen LogP contribution in [0, 0.1) is 17.2 Å². The maximum absolute atomic E-state index is 11.0. The summed E-state index contributed by atoms with van der Waals surface area (Å²) < 4.78 is 3.91. The van der Waals surface area contributed by atoms with E-state index in [1.54, 1.807) is 10.9 Å². The number of imidazole rings is 1. The molecule has 1 aromatic carbocycles. The van der Waals surface area contributed by atoms with Crippen molar-refractivity contribution in [3.05, 3.63) is 59.8 Å². The third-order valence-corrected chi connectivity index (χ3v) is 5.29. The average molecular weight is 317 g/mol. The van der Waals surface area contributed by atoms with Crippen LogP contribution in [0.15, 0.2) is 43.0 Å². The monoisotopic (exact) mass is 317 g/mol. The molecule has 2 aliphatic rings. The van der Waals surface area contributed by atoms with Gasteiger partial charge in [0.2, 0.25) is 0 Å². The molecule has 6 nitrogen and oxygen atoms in total. The zero-order valence-electron chi connectivity index (χ0n) is 12.9. The lowest BCUT2D eigenvalue weighted by Crippen LogP contribution is -2.31. The largest absolute Gasteiger partial charge is 0.386 e. The number of nitrogens with zero attached hydrogens (tertiary/aromatic N) is 5. The molecule has 4 heterocycles. The van der Waals surface area contributed by atoms with Gasteiger partial charge in [0.25, 0.3) is 0 Å². The predicted molar refractivity (Wildman–Crippen MR) is 85.8 cm³/mol. The first-order valence-corrected chi connectivity index (χ1v) is 8.04. The van der Waals surface area contributed by atoms with Gasteiger partial charge in [-0.2, -0.15) is 10.4 Å². The Morgan fingerprint density at radius 3 is 3.00 bits per heavy atom. The van der Waals surface area contributed by atoms with Crippen LogP contribution in [0.2, 0.25) is 0 Å². The summed E-state index contributed by atoms with van der Waals surface area (Å²) in [5.41, 5.74) is 4.57. The minimum atomic E-state index is -0.720. The van der Waals surface area contributed by atoms with Gasteiger partial charge in [-0.25, -0.2) is 4.98 Å². The van der Waals surface area contributed by atoms with E-state index in [-0.39, 0.29) is 12.0 Å². The number of fused-ring (bicyclic) bond motifs is 4. The second-order valence-corrected chi connectivity index (χ2v) is 6.39. The van der Waals surface area contributed by atoms with Gasteiger partial charge in [0.05, 0.1) is 41.7 Å². The van der Waals surface area contributed by atoms with Gasteiger partial charge in [-0.15, -0.1) is 0 Å². The SMILES string of the molecule is N#Cc1cnn2c1[C@H](O)[C@H](C1c3ccccc3-c3cncn31)CC2. The van der Waals surface area contributed by atoms with Crippen LogP contribution in [0.5, 0.6) is 0 Å². The highest BCUT2D eigenvalue weighted by Crippen LogP contribution is 2.49. The Bertz CT molecular complexity index is 979. The molecule has 0 aliphatic carbocycles. The quantitative estimate of drug-likeness (QED) is 0.746. The molecule has 0 saturated carbocycles. The number of nitriles is 1. The van der Waals surface area contributed by atoms with Crippen LogP contribution >= 0.6 is 0 Å². The van der Waals surface area contributed by atoms with Gasteiger partial charge in [-0.05, 0) is 12.0 Å². The second kappa shape index (κ2) is 4.79. The number of aliphatic hydroxyl groups is 1. The molecule has 6 heteroatoms. The number of aryl methyl sites for hydroxylation is 1. The molecule has 3 atom stereocenters. The molecule has 0 fully saturated rings. The summed E-state index contributed by atoms with van der Waals surface area (Å²) in [4.78, 5) is 4.29. The summed E-state index contributed by atoms with van der Waals surface area (Å²) >= 11 is 0. The summed E-state index contributed by atoms with van der Waals surface area (Å²) in [6.07, 6.45) is 5.34. The van der Waals surface area contributed by atoms with E-state index in [4.69, 9.17) is 0 Å². The Balaban J connectivity index is 1.64. The highest BCUT2D eigenvalue weighted by Gasteiger charge is 2.41. The molecule has 1 N–H and O–H groups in total. The van der Waals surface area contributed by atoms with Crippen molar-refractivity contribution >= 4 is 0 Å². The van der Waals surface area contributed by atoms with Gasteiger partial charge in [-0.3, -0.25) is 4.68 Å². The number of aliphatic hydroxyl groups excluding tert-OH is 1. The molecule has 1 unspecified atom stereocenters. The van der Waals surface area contributed by atoms with Crippen LogP contribution in [0.25, 0.3) is 11.3 Å². The number of rotatable bonds is 1. The zero-order valence-corrected chi connectivity index (χ0v) is 12.9. The highest BCUT2D eigenvalue weighted by atomic mass is 16.3. The van der Waals surface area contributed by atoms with Gasteiger partial charge in [0.15, 0.2) is 0 Å². The first kappa shape index (κ1) is 13.5. The zero-order chi connectivity index (χ0) is 16.3. The molecule has 5 rings (SSSR count). The van der Waals surface area contributed by atoms with Crippen LogP contribution < -0.4 is 0 Å². The van der Waals surface area contributed by atoms with E-state index >= 15 is 0 Å². The van der Waals surface area contributed by atoms with Crippen LogP contribution in [-0.2, 0) is 6.54 Å². The van der Waals surface area contributed by atoms with Crippen molar-refractivity contribution in [2.75, 3.05) is 0 Å². The molecule has 0 saturated heterocycles. The molecule has 3 aromatic rings. The number of hydrogen-bond donors (Lipinski definition) is 1. The average Bonchev–Trinajstić information content (AvgIpc) is 3.29. The Morgan fingerprint density at radius 2 is 2.12 bits per heavy atom. The normalized spacial score (nSPS) is 24.1. The van der Waals surface area contributed by atoms with E-state index in [1.165, 1.54) is 11.1 Å². The molecule has 118 valence electrons. The lowest BCUT2D eigenvalue weighted by Gasteiger charge is -2.34. The minimum absolute atomic E-state index is 0.0158. The van der Waals surface area contributed by atoms with Crippen molar-refractivity contribution in [3.63, 3.8) is 0 Å². The van der Waals surface area contributed by atoms with Gasteiger partial charge in [0.1, 0.15) is 12.2 Å². The third-order valence-electron chi connectivity index (χ3n) is 5.29. The molecular weight excluding hydrogens is 302 g/mol. The first-order valence-electron chi connectivity index (χ1n) is 8.04. The third kappa shape index (κ3) is 1.62. The molecule has 2 aliphatic heterocycles. The molecule has 0 bridgehead atoms. The maximum Gasteiger partial charge on any atom is 0.103 e. The molecule has 0 radical (unpaired) electrons. The van der Waals surface area contributed by atoms with E-state index < -0.39 is 6.10 Å². The lowest BCUT2D eigenvalue weighted by atomic mass is 9.82. The van der Waals surface area contributed by atoms with E-state index in [1.807, 2.05) is 24.7 Å². The second-order valence-electron chi connectivity index (χ2n) is 6.39. The fraction of sp³-hybridized carbons (Fsp3) is 0.278.